The molecule has 5 rings (SSSR count). The lowest BCUT2D eigenvalue weighted by atomic mass is 9.81. The topological polar surface area (TPSA) is 66.5 Å². The lowest BCUT2D eigenvalue weighted by Gasteiger charge is -2.28. The minimum Gasteiger partial charge on any atom is -0.324 e. The molecule has 7 heteroatoms. The van der Waals surface area contributed by atoms with E-state index in [9.17, 15) is 14.4 Å². The van der Waals surface area contributed by atoms with E-state index in [0.29, 0.717) is 5.69 Å². The molecule has 3 aliphatic rings. The summed E-state index contributed by atoms with van der Waals surface area (Å²) in [6.07, 6.45) is 0.878. The van der Waals surface area contributed by atoms with Crippen LogP contribution in [0.25, 0.3) is 10.8 Å². The maximum absolute atomic E-state index is 13.1. The van der Waals surface area contributed by atoms with Gasteiger partial charge in [0.15, 0.2) is 0 Å². The summed E-state index contributed by atoms with van der Waals surface area (Å²) in [4.78, 5) is 40.8. The number of nitrogens with zero attached hydrogens (tertiary/aromatic N) is 1. The van der Waals surface area contributed by atoms with E-state index >= 15 is 0 Å². The fourth-order valence-electron chi connectivity index (χ4n) is 5.44. The number of likely N-dealkylation sites (tertiary alicyclic amines) is 1. The molecule has 0 radical (unpaired) electrons. The zero-order valence-electron chi connectivity index (χ0n) is 15.7. The second-order valence-electron chi connectivity index (χ2n) is 8.24. The molecule has 3 amide bonds. The summed E-state index contributed by atoms with van der Waals surface area (Å²) in [7, 11) is 0. The van der Waals surface area contributed by atoms with E-state index in [1.165, 1.54) is 4.90 Å². The van der Waals surface area contributed by atoms with Gasteiger partial charge in [0, 0.05) is 20.7 Å². The Bertz CT molecular complexity index is 1000. The molecule has 2 aliphatic carbocycles. The second-order valence-corrected chi connectivity index (χ2v) is 10.4. The number of benzene rings is 2. The number of fused-ring (bicyclic) bond motifs is 6. The predicted octanol–water partition coefficient (Wildman–Crippen LogP) is 3.94. The molecule has 1 saturated heterocycles. The number of anilines is 1. The maximum atomic E-state index is 13.1. The average Bonchev–Trinajstić information content (AvgIpc) is 3.32. The molecular formula is C22H20Br2N2O3. The number of rotatable bonds is 3. The summed E-state index contributed by atoms with van der Waals surface area (Å²) in [5.41, 5.74) is 0.681. The van der Waals surface area contributed by atoms with E-state index in [1.54, 1.807) is 6.92 Å². The first-order valence-corrected chi connectivity index (χ1v) is 11.7. The van der Waals surface area contributed by atoms with E-state index in [2.05, 4.69) is 37.2 Å². The van der Waals surface area contributed by atoms with E-state index < -0.39 is 6.04 Å². The van der Waals surface area contributed by atoms with Crippen molar-refractivity contribution in [1.82, 2.24) is 4.90 Å². The van der Waals surface area contributed by atoms with Gasteiger partial charge >= 0.3 is 0 Å². The van der Waals surface area contributed by atoms with Crippen molar-refractivity contribution in [3.8, 4) is 0 Å². The van der Waals surface area contributed by atoms with E-state index in [-0.39, 0.29) is 51.0 Å². The van der Waals surface area contributed by atoms with Gasteiger partial charge < -0.3 is 5.32 Å². The number of halogens is 2. The average molecular weight is 520 g/mol. The van der Waals surface area contributed by atoms with Gasteiger partial charge in [-0.25, -0.2) is 0 Å². The molecule has 150 valence electrons. The Balaban J connectivity index is 1.39. The van der Waals surface area contributed by atoms with Crippen molar-refractivity contribution >= 4 is 66.0 Å². The zero-order valence-corrected chi connectivity index (χ0v) is 18.9. The Kier molecular flexibility index (Phi) is 4.59. The van der Waals surface area contributed by atoms with Crippen molar-refractivity contribution in [3.05, 3.63) is 42.5 Å². The minimum absolute atomic E-state index is 0.143. The predicted molar refractivity (Wildman–Crippen MR) is 118 cm³/mol. The number of amides is 3. The molecule has 0 aromatic heterocycles. The van der Waals surface area contributed by atoms with Crippen LogP contribution in [-0.2, 0) is 14.4 Å². The van der Waals surface area contributed by atoms with Gasteiger partial charge in [-0.1, -0.05) is 68.3 Å². The van der Waals surface area contributed by atoms with Crippen LogP contribution in [0.4, 0.5) is 5.69 Å². The van der Waals surface area contributed by atoms with E-state index in [0.717, 1.165) is 17.2 Å². The third kappa shape index (κ3) is 2.73. The summed E-state index contributed by atoms with van der Waals surface area (Å²) in [6, 6.07) is 12.6. The molecule has 3 fully saturated rings. The molecule has 2 aromatic rings. The second kappa shape index (κ2) is 6.91. The van der Waals surface area contributed by atoms with Gasteiger partial charge in [-0.05, 0) is 36.6 Å². The molecular weight excluding hydrogens is 500 g/mol. The van der Waals surface area contributed by atoms with Crippen LogP contribution >= 0.6 is 31.9 Å². The first kappa shape index (κ1) is 19.2. The van der Waals surface area contributed by atoms with Crippen molar-refractivity contribution in [1.29, 1.82) is 0 Å². The van der Waals surface area contributed by atoms with Crippen molar-refractivity contribution < 1.29 is 14.4 Å². The molecule has 2 aromatic carbocycles. The van der Waals surface area contributed by atoms with Crippen LogP contribution < -0.4 is 5.32 Å². The van der Waals surface area contributed by atoms with Gasteiger partial charge in [-0.15, -0.1) is 0 Å². The van der Waals surface area contributed by atoms with Gasteiger partial charge in [0.1, 0.15) is 6.04 Å². The van der Waals surface area contributed by atoms with Gasteiger partial charge in [0.05, 0.1) is 11.8 Å². The number of nitrogens with one attached hydrogen (secondary N) is 1. The van der Waals surface area contributed by atoms with Gasteiger partial charge in [-0.2, -0.15) is 0 Å². The fourth-order valence-corrected chi connectivity index (χ4v) is 7.32. The van der Waals surface area contributed by atoms with Gasteiger partial charge in [-0.3, -0.25) is 19.3 Å². The molecule has 0 unspecified atom stereocenters. The molecule has 7 atom stereocenters. The summed E-state index contributed by atoms with van der Waals surface area (Å²) in [5, 5.41) is 4.86. The lowest BCUT2D eigenvalue weighted by molar-refractivity contribution is -0.146. The molecule has 1 N–H and O–H groups in total. The number of alkyl halides is 2. The lowest BCUT2D eigenvalue weighted by Crippen LogP contribution is -2.46. The Morgan fingerprint density at radius 3 is 2.24 bits per heavy atom. The molecule has 0 spiro atoms. The number of imide groups is 1. The van der Waals surface area contributed by atoms with Crippen LogP contribution in [-0.4, -0.2) is 38.3 Å². The van der Waals surface area contributed by atoms with Crippen LogP contribution in [0.1, 0.15) is 13.3 Å². The van der Waals surface area contributed by atoms with Crippen LogP contribution in [0.15, 0.2) is 42.5 Å². The number of hydrogen-bond donors (Lipinski definition) is 1. The molecule has 1 heterocycles. The number of carbonyl (C=O) groups is 3. The minimum atomic E-state index is -0.846. The Hall–Kier alpha value is -1.73. The van der Waals surface area contributed by atoms with Gasteiger partial charge in [0.25, 0.3) is 0 Å². The zero-order chi connectivity index (χ0) is 20.4. The standard InChI is InChI=1S/C22H20Br2N2O3/c1-10(20(27)25-15-8-4-6-11-5-2-3-7-12(11)15)26-21(28)16-13-9-14(17(16)22(26)29)19(24)18(13)23/h2-8,10,13-14,16-19H,9H2,1H3,(H,25,27)/t10-,13-,14-,16-,17-,18-,19+/m1/s1. The van der Waals surface area contributed by atoms with Crippen molar-refractivity contribution in [2.24, 2.45) is 23.7 Å². The molecule has 1 aliphatic heterocycles. The Morgan fingerprint density at radius 2 is 1.59 bits per heavy atom. The van der Waals surface area contributed by atoms with Crippen molar-refractivity contribution in [3.63, 3.8) is 0 Å². The Morgan fingerprint density at radius 1 is 1.00 bits per heavy atom. The third-order valence-corrected chi connectivity index (χ3v) is 10.0. The maximum Gasteiger partial charge on any atom is 0.247 e. The Labute approximate surface area is 185 Å². The quantitative estimate of drug-likeness (QED) is 0.493. The summed E-state index contributed by atoms with van der Waals surface area (Å²) < 4.78 is 0. The van der Waals surface area contributed by atoms with Crippen LogP contribution in [0.5, 0.6) is 0 Å². The normalized spacial score (nSPS) is 34.0. The first-order valence-electron chi connectivity index (χ1n) is 9.84. The monoisotopic (exact) mass is 518 g/mol. The van der Waals surface area contributed by atoms with Crippen LogP contribution in [0.3, 0.4) is 0 Å². The van der Waals surface area contributed by atoms with E-state index in [4.69, 9.17) is 0 Å². The number of carbonyl (C=O) groups excluding carboxylic acids is 3. The highest BCUT2D eigenvalue weighted by molar-refractivity contribution is 9.12. The van der Waals surface area contributed by atoms with Crippen molar-refractivity contribution in [2.75, 3.05) is 5.32 Å². The van der Waals surface area contributed by atoms with Gasteiger partial charge in [0.2, 0.25) is 17.7 Å². The highest BCUT2D eigenvalue weighted by Gasteiger charge is 2.67. The van der Waals surface area contributed by atoms with E-state index in [1.807, 2.05) is 42.5 Å². The summed E-state index contributed by atoms with van der Waals surface area (Å²) in [6.45, 7) is 1.64. The molecule has 2 bridgehead atoms. The fraction of sp³-hybridized carbons (Fsp3) is 0.409. The largest absolute Gasteiger partial charge is 0.324 e. The molecule has 29 heavy (non-hydrogen) atoms. The number of hydrogen-bond acceptors (Lipinski definition) is 3. The van der Waals surface area contributed by atoms with Crippen LogP contribution in [0.2, 0.25) is 0 Å². The molecule has 5 nitrogen and oxygen atoms in total. The van der Waals surface area contributed by atoms with Crippen LogP contribution in [0, 0.1) is 23.7 Å². The summed E-state index contributed by atoms with van der Waals surface area (Å²) in [5.74, 6) is -1.07. The smallest absolute Gasteiger partial charge is 0.247 e. The third-order valence-electron chi connectivity index (χ3n) is 6.84. The first-order chi connectivity index (χ1) is 13.9. The SMILES string of the molecule is C[C@H](C(=O)Nc1cccc2ccccc12)N1C(=O)[C@@H]2[C@H]3C[C@@H]([C@@H](Br)[C@H]3Br)[C@H]2C1=O. The molecule has 2 saturated carbocycles. The highest BCUT2D eigenvalue weighted by atomic mass is 79.9. The van der Waals surface area contributed by atoms with Crippen molar-refractivity contribution in [2.45, 2.75) is 29.0 Å². The summed E-state index contributed by atoms with van der Waals surface area (Å²) >= 11 is 7.38. The highest BCUT2D eigenvalue weighted by Crippen LogP contribution is 2.60.